The Hall–Kier alpha value is -2.16. The normalized spacial score (nSPS) is 24.7. The van der Waals surface area contributed by atoms with Gasteiger partial charge in [-0.2, -0.15) is 0 Å². The lowest BCUT2D eigenvalue weighted by molar-refractivity contribution is -0.139. The Bertz CT molecular complexity index is 1060. The molecule has 1 aromatic rings. The third-order valence-electron chi connectivity index (χ3n) is 6.94. The molecule has 2 atom stereocenters. The van der Waals surface area contributed by atoms with Crippen LogP contribution >= 0.6 is 0 Å². The van der Waals surface area contributed by atoms with Gasteiger partial charge in [-0.15, -0.1) is 0 Å². The first-order valence-corrected chi connectivity index (χ1v) is 13.1. The lowest BCUT2D eigenvalue weighted by Crippen LogP contribution is -2.44. The molecule has 1 N–H and O–H groups in total. The van der Waals surface area contributed by atoms with E-state index in [1.165, 1.54) is 0 Å². The fraction of sp³-hybridized carbons (Fsp3) is 0.542. The number of hydrazine groups is 1. The molecule has 2 saturated heterocycles. The summed E-state index contributed by atoms with van der Waals surface area (Å²) in [5, 5.41) is 3.95. The van der Waals surface area contributed by atoms with Crippen LogP contribution in [0.2, 0.25) is 0 Å². The molecule has 0 saturated carbocycles. The number of benzene rings is 1. The van der Waals surface area contributed by atoms with E-state index >= 15 is 0 Å². The van der Waals surface area contributed by atoms with Gasteiger partial charge in [-0.1, -0.05) is 30.7 Å². The predicted molar refractivity (Wildman–Crippen MR) is 125 cm³/mol. The number of amides is 1. The van der Waals surface area contributed by atoms with Crippen LogP contribution < -0.4 is 4.72 Å². The largest absolute Gasteiger partial charge is 0.381 e. The fourth-order valence-electron chi connectivity index (χ4n) is 5.08. The van der Waals surface area contributed by atoms with Crippen molar-refractivity contribution >= 4 is 21.6 Å². The summed E-state index contributed by atoms with van der Waals surface area (Å²) in [5.41, 5.74) is 4.61. The number of carbonyl (C=O) groups excluding carboxylic acids is 1. The SMILES string of the molecule is CC1=C2C(=O)N(N(C)CC3CCOCC3)CC2=CC(c2cccc(NS(C)(=O)=O)c2)C1C. The molecule has 32 heavy (non-hydrogen) atoms. The van der Waals surface area contributed by atoms with Crippen LogP contribution in [0.3, 0.4) is 0 Å². The lowest BCUT2D eigenvalue weighted by Gasteiger charge is -2.32. The highest BCUT2D eigenvalue weighted by Crippen LogP contribution is 2.43. The number of fused-ring (bicyclic) bond motifs is 1. The number of ether oxygens (including phenoxy) is 1. The van der Waals surface area contributed by atoms with E-state index in [1.54, 1.807) is 6.07 Å². The van der Waals surface area contributed by atoms with E-state index in [-0.39, 0.29) is 17.7 Å². The molecule has 0 spiro atoms. The molecular weight excluding hydrogens is 426 g/mol. The number of hydrogen-bond acceptors (Lipinski definition) is 5. The highest BCUT2D eigenvalue weighted by Gasteiger charge is 2.40. The molecule has 2 fully saturated rings. The lowest BCUT2D eigenvalue weighted by atomic mass is 9.75. The molecule has 1 aromatic carbocycles. The maximum Gasteiger partial charge on any atom is 0.268 e. The molecule has 0 aromatic heterocycles. The minimum atomic E-state index is -3.34. The van der Waals surface area contributed by atoms with E-state index in [1.807, 2.05) is 30.3 Å². The van der Waals surface area contributed by atoms with E-state index in [2.05, 4.69) is 29.7 Å². The number of anilines is 1. The standard InChI is InChI=1S/C24H33N3O4S/c1-16-17(2)23-20(13-22(16)19-6-5-7-21(12-19)25-32(4,29)30)15-27(24(23)28)26(3)14-18-8-10-31-11-9-18/h5-7,12-13,16,18,22,25H,8-11,14-15H2,1-4H3. The number of sulfonamides is 1. The van der Waals surface area contributed by atoms with Crippen molar-refractivity contribution in [3.05, 3.63) is 52.6 Å². The summed E-state index contributed by atoms with van der Waals surface area (Å²) >= 11 is 0. The first kappa shape index (κ1) is 23.0. The van der Waals surface area contributed by atoms with Crippen LogP contribution in [0.15, 0.2) is 47.1 Å². The Labute approximate surface area is 191 Å². The van der Waals surface area contributed by atoms with Gasteiger partial charge in [0.05, 0.1) is 12.8 Å². The summed E-state index contributed by atoms with van der Waals surface area (Å²) in [6.45, 7) is 7.22. The van der Waals surface area contributed by atoms with E-state index in [0.29, 0.717) is 18.2 Å². The van der Waals surface area contributed by atoms with Crippen molar-refractivity contribution < 1.29 is 17.9 Å². The maximum absolute atomic E-state index is 13.3. The van der Waals surface area contributed by atoms with Gasteiger partial charge in [0.25, 0.3) is 5.91 Å². The van der Waals surface area contributed by atoms with Crippen molar-refractivity contribution in [3.8, 4) is 0 Å². The first-order valence-electron chi connectivity index (χ1n) is 11.2. The topological polar surface area (TPSA) is 79.0 Å². The van der Waals surface area contributed by atoms with Gasteiger partial charge in [-0.25, -0.2) is 13.4 Å². The van der Waals surface area contributed by atoms with Crippen molar-refractivity contribution in [3.63, 3.8) is 0 Å². The Morgan fingerprint density at radius 3 is 2.66 bits per heavy atom. The zero-order valence-electron chi connectivity index (χ0n) is 19.3. The highest BCUT2D eigenvalue weighted by atomic mass is 32.2. The highest BCUT2D eigenvalue weighted by molar-refractivity contribution is 7.92. The molecule has 174 valence electrons. The van der Waals surface area contributed by atoms with Crippen LogP contribution in [0.4, 0.5) is 5.69 Å². The average molecular weight is 460 g/mol. The van der Waals surface area contributed by atoms with Gasteiger partial charge in [-0.05, 0) is 54.9 Å². The third-order valence-corrected chi connectivity index (χ3v) is 7.54. The second-order valence-electron chi connectivity index (χ2n) is 9.32. The third kappa shape index (κ3) is 4.77. The molecule has 1 aliphatic carbocycles. The van der Waals surface area contributed by atoms with Crippen LogP contribution in [0, 0.1) is 11.8 Å². The Morgan fingerprint density at radius 1 is 1.25 bits per heavy atom. The van der Waals surface area contributed by atoms with Crippen molar-refractivity contribution in [2.24, 2.45) is 11.8 Å². The molecule has 2 heterocycles. The zero-order valence-corrected chi connectivity index (χ0v) is 20.1. The molecule has 2 unspecified atom stereocenters. The van der Waals surface area contributed by atoms with E-state index in [9.17, 15) is 13.2 Å². The summed E-state index contributed by atoms with van der Waals surface area (Å²) in [6, 6.07) is 7.54. The van der Waals surface area contributed by atoms with Crippen LogP contribution in [0.1, 0.15) is 38.2 Å². The molecule has 8 heteroatoms. The summed E-state index contributed by atoms with van der Waals surface area (Å²) in [7, 11) is -1.34. The predicted octanol–water partition coefficient (Wildman–Crippen LogP) is 3.15. The molecule has 0 radical (unpaired) electrons. The molecule has 1 amide bonds. The van der Waals surface area contributed by atoms with Gasteiger partial charge in [-0.3, -0.25) is 14.5 Å². The minimum Gasteiger partial charge on any atom is -0.381 e. The fourth-order valence-corrected chi connectivity index (χ4v) is 5.64. The van der Waals surface area contributed by atoms with Gasteiger partial charge < -0.3 is 4.74 Å². The van der Waals surface area contributed by atoms with Crippen LogP contribution in [0.25, 0.3) is 0 Å². The van der Waals surface area contributed by atoms with Crippen molar-refractivity contribution in [1.82, 2.24) is 10.0 Å². The second-order valence-corrected chi connectivity index (χ2v) is 11.1. The summed E-state index contributed by atoms with van der Waals surface area (Å²) in [5.74, 6) is 0.863. The average Bonchev–Trinajstić information content (AvgIpc) is 3.07. The number of carbonyl (C=O) groups is 1. The van der Waals surface area contributed by atoms with Crippen LogP contribution in [-0.4, -0.2) is 63.9 Å². The van der Waals surface area contributed by atoms with Crippen molar-refractivity contribution in [2.75, 3.05) is 44.3 Å². The molecule has 2 aliphatic heterocycles. The number of nitrogens with one attached hydrogen (secondary N) is 1. The van der Waals surface area contributed by atoms with Crippen molar-refractivity contribution in [1.29, 1.82) is 0 Å². The number of allylic oxidation sites excluding steroid dienone is 2. The van der Waals surface area contributed by atoms with Crippen LogP contribution in [0.5, 0.6) is 0 Å². The van der Waals surface area contributed by atoms with Gasteiger partial charge in [0.2, 0.25) is 10.0 Å². The molecule has 0 bridgehead atoms. The second kappa shape index (κ2) is 9.00. The molecular formula is C24H33N3O4S. The Balaban J connectivity index is 1.57. The van der Waals surface area contributed by atoms with E-state index in [0.717, 1.165) is 61.1 Å². The zero-order chi connectivity index (χ0) is 23.0. The summed E-state index contributed by atoms with van der Waals surface area (Å²) in [4.78, 5) is 13.3. The van der Waals surface area contributed by atoms with Gasteiger partial charge in [0, 0.05) is 44.0 Å². The Kier molecular flexibility index (Phi) is 6.47. The maximum atomic E-state index is 13.3. The number of nitrogens with zero attached hydrogens (tertiary/aromatic N) is 2. The van der Waals surface area contributed by atoms with Gasteiger partial charge in [0.15, 0.2) is 0 Å². The molecule has 7 nitrogen and oxygen atoms in total. The monoisotopic (exact) mass is 459 g/mol. The summed E-state index contributed by atoms with van der Waals surface area (Å²) < 4.78 is 31.3. The molecule has 3 aliphatic rings. The number of hydrogen-bond donors (Lipinski definition) is 1. The smallest absolute Gasteiger partial charge is 0.268 e. The van der Waals surface area contributed by atoms with Gasteiger partial charge in [0.1, 0.15) is 0 Å². The van der Waals surface area contributed by atoms with Crippen LogP contribution in [-0.2, 0) is 19.6 Å². The van der Waals surface area contributed by atoms with E-state index in [4.69, 9.17) is 4.74 Å². The van der Waals surface area contributed by atoms with E-state index < -0.39 is 10.0 Å². The molecule has 4 rings (SSSR count). The van der Waals surface area contributed by atoms with Gasteiger partial charge >= 0.3 is 0 Å². The first-order chi connectivity index (χ1) is 15.1. The Morgan fingerprint density at radius 2 is 1.97 bits per heavy atom. The quantitative estimate of drug-likeness (QED) is 0.707. The van der Waals surface area contributed by atoms with Crippen molar-refractivity contribution in [2.45, 2.75) is 32.6 Å². The number of rotatable bonds is 6. The minimum absolute atomic E-state index is 0.0844. The summed E-state index contributed by atoms with van der Waals surface area (Å²) in [6.07, 6.45) is 5.42.